The van der Waals surface area contributed by atoms with Gasteiger partial charge in [-0.1, -0.05) is 19.1 Å². The van der Waals surface area contributed by atoms with Crippen LogP contribution in [-0.4, -0.2) is 29.9 Å². The number of hydrogen-bond acceptors (Lipinski definition) is 2. The highest BCUT2D eigenvalue weighted by Crippen LogP contribution is 2.16. The van der Waals surface area contributed by atoms with Crippen LogP contribution in [0.25, 0.3) is 0 Å². The van der Waals surface area contributed by atoms with Crippen molar-refractivity contribution in [2.24, 2.45) is 11.7 Å². The van der Waals surface area contributed by atoms with Gasteiger partial charge in [-0.25, -0.2) is 4.39 Å². The fourth-order valence-corrected chi connectivity index (χ4v) is 2.54. The van der Waals surface area contributed by atoms with Crippen molar-refractivity contribution in [2.75, 3.05) is 13.1 Å². The van der Waals surface area contributed by atoms with Crippen LogP contribution in [0.15, 0.2) is 24.3 Å². The van der Waals surface area contributed by atoms with Crippen LogP contribution in [0.4, 0.5) is 4.39 Å². The van der Waals surface area contributed by atoms with E-state index in [9.17, 15) is 9.18 Å². The minimum absolute atomic E-state index is 0.0302. The summed E-state index contributed by atoms with van der Waals surface area (Å²) >= 11 is 0. The van der Waals surface area contributed by atoms with Crippen molar-refractivity contribution in [2.45, 2.75) is 25.8 Å². The van der Waals surface area contributed by atoms with Crippen molar-refractivity contribution in [1.82, 2.24) is 4.90 Å². The van der Waals surface area contributed by atoms with Crippen LogP contribution in [0.2, 0.25) is 0 Å². The molecule has 0 spiro atoms. The Hall–Kier alpha value is -1.42. The van der Waals surface area contributed by atoms with E-state index in [1.54, 1.807) is 17.0 Å². The molecular formula is C14H19FN2O. The van der Waals surface area contributed by atoms with Gasteiger partial charge in [-0.05, 0) is 30.0 Å². The fraction of sp³-hybridized carbons (Fsp3) is 0.500. The molecule has 1 aliphatic heterocycles. The maximum atomic E-state index is 13.0. The molecule has 0 radical (unpaired) electrons. The molecule has 18 heavy (non-hydrogen) atoms. The molecule has 1 aliphatic rings. The number of nitrogens with zero attached hydrogens (tertiary/aromatic N) is 1. The quantitative estimate of drug-likeness (QED) is 0.866. The van der Waals surface area contributed by atoms with E-state index < -0.39 is 0 Å². The van der Waals surface area contributed by atoms with Crippen LogP contribution in [0.1, 0.15) is 18.9 Å². The molecular weight excluding hydrogens is 231 g/mol. The van der Waals surface area contributed by atoms with Gasteiger partial charge in [-0.15, -0.1) is 0 Å². The molecule has 4 heteroatoms. The Morgan fingerprint density at radius 3 is 2.94 bits per heavy atom. The van der Waals surface area contributed by atoms with Crippen molar-refractivity contribution in [1.29, 1.82) is 0 Å². The average molecular weight is 250 g/mol. The van der Waals surface area contributed by atoms with Gasteiger partial charge in [0.1, 0.15) is 5.82 Å². The van der Waals surface area contributed by atoms with Crippen LogP contribution >= 0.6 is 0 Å². The molecule has 0 aliphatic carbocycles. The summed E-state index contributed by atoms with van der Waals surface area (Å²) in [6.07, 6.45) is 1.21. The van der Waals surface area contributed by atoms with E-state index in [0.29, 0.717) is 18.0 Å². The average Bonchev–Trinajstić information content (AvgIpc) is 2.27. The highest BCUT2D eigenvalue weighted by Gasteiger charge is 2.25. The van der Waals surface area contributed by atoms with Crippen LogP contribution in [-0.2, 0) is 11.2 Å². The van der Waals surface area contributed by atoms with Crippen molar-refractivity contribution in [3.05, 3.63) is 35.6 Å². The van der Waals surface area contributed by atoms with Gasteiger partial charge < -0.3 is 10.6 Å². The third kappa shape index (κ3) is 3.29. The Morgan fingerprint density at radius 1 is 1.50 bits per heavy atom. The maximum Gasteiger partial charge on any atom is 0.227 e. The molecule has 0 bridgehead atoms. The standard InChI is InChI=1S/C14H19FN2O/c1-10-5-13(16)9-17(8-10)14(18)7-11-3-2-4-12(15)6-11/h2-4,6,10,13H,5,7-9,16H2,1H3. The number of benzene rings is 1. The Bertz CT molecular complexity index is 426. The number of halogens is 1. The molecule has 2 unspecified atom stereocenters. The van der Waals surface area contributed by atoms with E-state index in [2.05, 4.69) is 6.92 Å². The number of nitrogens with two attached hydrogens (primary N) is 1. The molecule has 2 rings (SSSR count). The van der Waals surface area contributed by atoms with E-state index in [1.165, 1.54) is 12.1 Å². The van der Waals surface area contributed by atoms with Crippen LogP contribution < -0.4 is 5.73 Å². The molecule has 1 saturated heterocycles. The molecule has 1 amide bonds. The fourth-order valence-electron chi connectivity index (χ4n) is 2.54. The van der Waals surface area contributed by atoms with Crippen molar-refractivity contribution < 1.29 is 9.18 Å². The van der Waals surface area contributed by atoms with Gasteiger partial charge in [0.05, 0.1) is 6.42 Å². The summed E-state index contributed by atoms with van der Waals surface area (Å²) in [6, 6.07) is 6.25. The van der Waals surface area contributed by atoms with E-state index >= 15 is 0 Å². The second-order valence-corrected chi connectivity index (χ2v) is 5.21. The Labute approximate surface area is 107 Å². The third-order valence-electron chi connectivity index (χ3n) is 3.29. The first-order valence-electron chi connectivity index (χ1n) is 6.32. The number of likely N-dealkylation sites (tertiary alicyclic amines) is 1. The van der Waals surface area contributed by atoms with Crippen LogP contribution in [0, 0.1) is 11.7 Å². The summed E-state index contributed by atoms with van der Waals surface area (Å²) in [4.78, 5) is 13.9. The van der Waals surface area contributed by atoms with Gasteiger partial charge in [0.2, 0.25) is 5.91 Å². The monoisotopic (exact) mass is 250 g/mol. The van der Waals surface area contributed by atoms with E-state index in [0.717, 1.165) is 13.0 Å². The normalized spacial score (nSPS) is 24.1. The van der Waals surface area contributed by atoms with Gasteiger partial charge in [-0.2, -0.15) is 0 Å². The zero-order valence-corrected chi connectivity index (χ0v) is 10.6. The minimum atomic E-state index is -0.302. The largest absolute Gasteiger partial charge is 0.341 e. The number of piperidine rings is 1. The predicted molar refractivity (Wildman–Crippen MR) is 68.4 cm³/mol. The lowest BCUT2D eigenvalue weighted by Gasteiger charge is -2.34. The Morgan fingerprint density at radius 2 is 2.28 bits per heavy atom. The van der Waals surface area contributed by atoms with Gasteiger partial charge in [-0.3, -0.25) is 4.79 Å². The second-order valence-electron chi connectivity index (χ2n) is 5.21. The smallest absolute Gasteiger partial charge is 0.227 e. The molecule has 98 valence electrons. The number of hydrogen-bond donors (Lipinski definition) is 1. The van der Waals surface area contributed by atoms with Gasteiger partial charge in [0, 0.05) is 19.1 Å². The van der Waals surface area contributed by atoms with Gasteiger partial charge in [0.15, 0.2) is 0 Å². The lowest BCUT2D eigenvalue weighted by molar-refractivity contribution is -0.132. The second kappa shape index (κ2) is 5.48. The van der Waals surface area contributed by atoms with E-state index in [1.807, 2.05) is 0 Å². The van der Waals surface area contributed by atoms with Gasteiger partial charge in [0.25, 0.3) is 0 Å². The topological polar surface area (TPSA) is 46.3 Å². The van der Waals surface area contributed by atoms with Crippen LogP contribution in [0.5, 0.6) is 0 Å². The third-order valence-corrected chi connectivity index (χ3v) is 3.29. The number of carbonyl (C=O) groups is 1. The predicted octanol–water partition coefficient (Wildman–Crippen LogP) is 1.56. The summed E-state index contributed by atoms with van der Waals surface area (Å²) in [7, 11) is 0. The molecule has 1 aromatic carbocycles. The van der Waals surface area contributed by atoms with Crippen LogP contribution in [0.3, 0.4) is 0 Å². The summed E-state index contributed by atoms with van der Waals surface area (Å²) in [5, 5.41) is 0. The number of rotatable bonds is 2. The molecule has 0 saturated carbocycles. The first-order chi connectivity index (χ1) is 8.54. The highest BCUT2D eigenvalue weighted by atomic mass is 19.1. The lowest BCUT2D eigenvalue weighted by Crippen LogP contribution is -2.49. The number of amides is 1. The van der Waals surface area contributed by atoms with Crippen molar-refractivity contribution in [3.8, 4) is 0 Å². The molecule has 1 aromatic rings. The maximum absolute atomic E-state index is 13.0. The summed E-state index contributed by atoms with van der Waals surface area (Å²) in [5.41, 5.74) is 6.63. The summed E-state index contributed by atoms with van der Waals surface area (Å²) < 4.78 is 13.0. The Balaban J connectivity index is 1.99. The molecule has 2 N–H and O–H groups in total. The lowest BCUT2D eigenvalue weighted by atomic mass is 9.96. The highest BCUT2D eigenvalue weighted by molar-refractivity contribution is 5.79. The van der Waals surface area contributed by atoms with Crippen molar-refractivity contribution in [3.63, 3.8) is 0 Å². The minimum Gasteiger partial charge on any atom is -0.341 e. The number of carbonyl (C=O) groups excluding carboxylic acids is 1. The molecule has 1 fully saturated rings. The van der Waals surface area contributed by atoms with E-state index in [-0.39, 0.29) is 24.2 Å². The van der Waals surface area contributed by atoms with Crippen molar-refractivity contribution >= 4 is 5.91 Å². The molecule has 0 aromatic heterocycles. The molecule has 1 heterocycles. The SMILES string of the molecule is CC1CC(N)CN(C(=O)Cc2cccc(F)c2)C1. The van der Waals surface area contributed by atoms with E-state index in [4.69, 9.17) is 5.73 Å². The summed E-state index contributed by atoms with van der Waals surface area (Å²) in [6.45, 7) is 3.46. The first-order valence-corrected chi connectivity index (χ1v) is 6.32. The first kappa shape index (κ1) is 13.0. The van der Waals surface area contributed by atoms with Gasteiger partial charge >= 0.3 is 0 Å². The Kier molecular flexibility index (Phi) is 3.97. The zero-order valence-electron chi connectivity index (χ0n) is 10.6. The zero-order chi connectivity index (χ0) is 13.1. The molecule has 3 nitrogen and oxygen atoms in total. The summed E-state index contributed by atoms with van der Waals surface area (Å²) in [5.74, 6) is 0.164. The molecule has 2 atom stereocenters.